The first-order chi connectivity index (χ1) is 7.88. The second-order valence-corrected chi connectivity index (χ2v) is 5.30. The smallest absolute Gasteiger partial charge is 0.314 e. The first-order valence-electron chi connectivity index (χ1n) is 5.73. The maximum absolute atomic E-state index is 12.0. The van der Waals surface area contributed by atoms with Gasteiger partial charge in [-0.3, -0.25) is 9.59 Å². The number of hydrogen-bond acceptors (Lipinski definition) is 3. The molecule has 1 aromatic carbocycles. The summed E-state index contributed by atoms with van der Waals surface area (Å²) in [4.78, 5) is 23.7. The number of ketones is 1. The Bertz CT molecular complexity index is 469. The molecule has 1 aliphatic rings. The van der Waals surface area contributed by atoms with Gasteiger partial charge < -0.3 is 4.74 Å². The monoisotopic (exact) mass is 232 g/mol. The van der Waals surface area contributed by atoms with Crippen LogP contribution < -0.4 is 0 Å². The van der Waals surface area contributed by atoms with E-state index in [2.05, 4.69) is 0 Å². The van der Waals surface area contributed by atoms with Gasteiger partial charge in [0.2, 0.25) is 0 Å². The van der Waals surface area contributed by atoms with Crippen LogP contribution in [0.4, 0.5) is 0 Å². The maximum atomic E-state index is 12.0. The van der Waals surface area contributed by atoms with E-state index in [1.807, 2.05) is 39.0 Å². The number of rotatable bonds is 1. The van der Waals surface area contributed by atoms with Crippen molar-refractivity contribution in [3.05, 3.63) is 35.4 Å². The van der Waals surface area contributed by atoms with Gasteiger partial charge in [-0.2, -0.15) is 0 Å². The lowest BCUT2D eigenvalue weighted by molar-refractivity contribution is -0.156. The Morgan fingerprint density at radius 1 is 1.29 bits per heavy atom. The van der Waals surface area contributed by atoms with Crippen LogP contribution in [0.1, 0.15) is 49.0 Å². The van der Waals surface area contributed by atoms with E-state index < -0.39 is 11.5 Å². The fourth-order valence-corrected chi connectivity index (χ4v) is 2.04. The molecule has 0 amide bonds. The molecule has 0 aromatic heterocycles. The molecule has 0 saturated heterocycles. The van der Waals surface area contributed by atoms with Crippen LogP contribution in [0.15, 0.2) is 24.3 Å². The first kappa shape index (κ1) is 11.8. The van der Waals surface area contributed by atoms with Crippen molar-refractivity contribution in [1.82, 2.24) is 0 Å². The van der Waals surface area contributed by atoms with Gasteiger partial charge in [0.15, 0.2) is 5.78 Å². The first-order valence-corrected chi connectivity index (χ1v) is 5.73. The second-order valence-electron chi connectivity index (χ2n) is 5.30. The summed E-state index contributed by atoms with van der Waals surface area (Å²) >= 11 is 0. The predicted octanol–water partition coefficient (Wildman–Crippen LogP) is 2.70. The summed E-state index contributed by atoms with van der Waals surface area (Å²) < 4.78 is 5.34. The summed E-state index contributed by atoms with van der Waals surface area (Å²) in [5.41, 5.74) is 0.938. The van der Waals surface area contributed by atoms with Crippen molar-refractivity contribution in [2.45, 2.75) is 38.7 Å². The molecule has 1 unspecified atom stereocenters. The SMILES string of the molecule is CC(C)(C)OC(=O)C1CC(=O)c2ccccc21. The molecule has 0 saturated carbocycles. The van der Waals surface area contributed by atoms with Crippen LogP contribution >= 0.6 is 0 Å². The predicted molar refractivity (Wildman–Crippen MR) is 64.0 cm³/mol. The van der Waals surface area contributed by atoms with E-state index in [1.165, 1.54) is 0 Å². The second kappa shape index (κ2) is 3.99. The van der Waals surface area contributed by atoms with Gasteiger partial charge in [0.05, 0.1) is 5.92 Å². The third kappa shape index (κ3) is 2.38. The number of carbonyl (C=O) groups excluding carboxylic acids is 2. The van der Waals surface area contributed by atoms with Crippen molar-refractivity contribution in [3.8, 4) is 0 Å². The van der Waals surface area contributed by atoms with E-state index >= 15 is 0 Å². The Labute approximate surface area is 101 Å². The molecule has 0 fully saturated rings. The molecule has 1 aromatic rings. The molecule has 0 N–H and O–H groups in total. The van der Waals surface area contributed by atoms with Crippen LogP contribution in [0, 0.1) is 0 Å². The van der Waals surface area contributed by atoms with Crippen LogP contribution in [0.3, 0.4) is 0 Å². The maximum Gasteiger partial charge on any atom is 0.314 e. The number of benzene rings is 1. The van der Waals surface area contributed by atoms with Gasteiger partial charge >= 0.3 is 5.97 Å². The van der Waals surface area contributed by atoms with Gasteiger partial charge in [-0.25, -0.2) is 0 Å². The molecule has 90 valence electrons. The van der Waals surface area contributed by atoms with Crippen LogP contribution in [-0.2, 0) is 9.53 Å². The standard InChI is InChI=1S/C14H16O3/c1-14(2,3)17-13(16)11-8-12(15)10-7-5-4-6-9(10)11/h4-7,11H,8H2,1-3H3. The molecule has 1 atom stereocenters. The van der Waals surface area contributed by atoms with Crippen LogP contribution in [0.2, 0.25) is 0 Å². The quantitative estimate of drug-likeness (QED) is 0.699. The third-order valence-electron chi connectivity index (χ3n) is 2.72. The molecular formula is C14H16O3. The van der Waals surface area contributed by atoms with Crippen molar-refractivity contribution in [2.75, 3.05) is 0 Å². The molecular weight excluding hydrogens is 216 g/mol. The van der Waals surface area contributed by atoms with E-state index in [4.69, 9.17) is 4.74 Å². The molecule has 3 heteroatoms. The van der Waals surface area contributed by atoms with Gasteiger partial charge in [-0.05, 0) is 26.3 Å². The van der Waals surface area contributed by atoms with Crippen molar-refractivity contribution in [1.29, 1.82) is 0 Å². The highest BCUT2D eigenvalue weighted by atomic mass is 16.6. The molecule has 17 heavy (non-hydrogen) atoms. The summed E-state index contributed by atoms with van der Waals surface area (Å²) in [6, 6.07) is 7.25. The van der Waals surface area contributed by atoms with Gasteiger partial charge in [0.25, 0.3) is 0 Å². The molecule has 0 aliphatic heterocycles. The molecule has 3 nitrogen and oxygen atoms in total. The Balaban J connectivity index is 2.26. The number of carbonyl (C=O) groups is 2. The summed E-state index contributed by atoms with van der Waals surface area (Å²) in [6.07, 6.45) is 0.230. The fraction of sp³-hybridized carbons (Fsp3) is 0.429. The number of Topliss-reactive ketones (excluding diaryl/α,β-unsaturated/α-hetero) is 1. The fourth-order valence-electron chi connectivity index (χ4n) is 2.04. The van der Waals surface area contributed by atoms with Crippen molar-refractivity contribution >= 4 is 11.8 Å². The molecule has 0 bridgehead atoms. The van der Waals surface area contributed by atoms with E-state index in [0.29, 0.717) is 5.56 Å². The van der Waals surface area contributed by atoms with Crippen LogP contribution in [0.25, 0.3) is 0 Å². The molecule has 0 radical (unpaired) electrons. The number of hydrogen-bond donors (Lipinski definition) is 0. The minimum Gasteiger partial charge on any atom is -0.459 e. The zero-order chi connectivity index (χ0) is 12.6. The van der Waals surface area contributed by atoms with Gasteiger partial charge in [-0.1, -0.05) is 24.3 Å². The number of ether oxygens (including phenoxy) is 1. The highest BCUT2D eigenvalue weighted by Gasteiger charge is 2.36. The van der Waals surface area contributed by atoms with E-state index in [9.17, 15) is 9.59 Å². The number of fused-ring (bicyclic) bond motifs is 1. The Kier molecular flexibility index (Phi) is 2.77. The molecule has 0 heterocycles. The van der Waals surface area contributed by atoms with E-state index in [1.54, 1.807) is 6.07 Å². The van der Waals surface area contributed by atoms with Gasteiger partial charge in [0.1, 0.15) is 5.60 Å². The van der Waals surface area contributed by atoms with Crippen LogP contribution in [-0.4, -0.2) is 17.4 Å². The Morgan fingerprint density at radius 2 is 1.94 bits per heavy atom. The number of esters is 1. The average molecular weight is 232 g/mol. The van der Waals surface area contributed by atoms with Crippen LogP contribution in [0.5, 0.6) is 0 Å². The Morgan fingerprint density at radius 3 is 2.59 bits per heavy atom. The van der Waals surface area contributed by atoms with E-state index in [0.717, 1.165) is 5.56 Å². The summed E-state index contributed by atoms with van der Waals surface area (Å²) in [6.45, 7) is 5.48. The summed E-state index contributed by atoms with van der Waals surface area (Å²) in [7, 11) is 0. The molecule has 2 rings (SSSR count). The lowest BCUT2D eigenvalue weighted by Crippen LogP contribution is -2.27. The van der Waals surface area contributed by atoms with Gasteiger partial charge in [0, 0.05) is 12.0 Å². The zero-order valence-corrected chi connectivity index (χ0v) is 10.3. The summed E-state index contributed by atoms with van der Waals surface area (Å²) in [5, 5.41) is 0. The minimum absolute atomic E-state index is 0.0245. The normalized spacial score (nSPS) is 19.0. The van der Waals surface area contributed by atoms with Crippen molar-refractivity contribution in [3.63, 3.8) is 0 Å². The highest BCUT2D eigenvalue weighted by Crippen LogP contribution is 2.34. The summed E-state index contributed by atoms with van der Waals surface area (Å²) in [5.74, 6) is -0.717. The van der Waals surface area contributed by atoms with Crippen molar-refractivity contribution < 1.29 is 14.3 Å². The van der Waals surface area contributed by atoms with Crippen molar-refractivity contribution in [2.24, 2.45) is 0 Å². The average Bonchev–Trinajstić information content (AvgIpc) is 2.55. The van der Waals surface area contributed by atoms with E-state index in [-0.39, 0.29) is 18.2 Å². The topological polar surface area (TPSA) is 43.4 Å². The lowest BCUT2D eigenvalue weighted by Gasteiger charge is -2.22. The molecule has 0 spiro atoms. The minimum atomic E-state index is -0.516. The third-order valence-corrected chi connectivity index (χ3v) is 2.72. The van der Waals surface area contributed by atoms with Gasteiger partial charge in [-0.15, -0.1) is 0 Å². The zero-order valence-electron chi connectivity index (χ0n) is 10.3. The lowest BCUT2D eigenvalue weighted by atomic mass is 10.0. The highest BCUT2D eigenvalue weighted by molar-refractivity contribution is 6.05. The Hall–Kier alpha value is -1.64. The molecule has 1 aliphatic carbocycles. The largest absolute Gasteiger partial charge is 0.459 e.